The maximum atomic E-state index is 5.30. The molecule has 0 radical (unpaired) electrons. The number of hydrogen-bond donors (Lipinski definition) is 1. The first-order valence-corrected chi connectivity index (χ1v) is 5.52. The summed E-state index contributed by atoms with van der Waals surface area (Å²) in [7, 11) is 3.29. The van der Waals surface area contributed by atoms with Crippen molar-refractivity contribution in [3.63, 3.8) is 0 Å². The molecule has 1 rings (SSSR count). The third kappa shape index (κ3) is 3.56. The lowest BCUT2D eigenvalue weighted by Gasteiger charge is -2.25. The van der Waals surface area contributed by atoms with Gasteiger partial charge in [-0.05, 0) is 24.6 Å². The molecule has 0 aliphatic heterocycles. The van der Waals surface area contributed by atoms with Gasteiger partial charge in [0.15, 0.2) is 6.29 Å². The van der Waals surface area contributed by atoms with Gasteiger partial charge < -0.3 is 14.8 Å². The van der Waals surface area contributed by atoms with Crippen LogP contribution in [0.15, 0.2) is 24.5 Å². The van der Waals surface area contributed by atoms with Crippen molar-refractivity contribution in [3.8, 4) is 0 Å². The van der Waals surface area contributed by atoms with E-state index in [0.29, 0.717) is 0 Å². The van der Waals surface area contributed by atoms with Crippen LogP contribution >= 0.6 is 0 Å². The third-order valence-corrected chi connectivity index (χ3v) is 2.39. The van der Waals surface area contributed by atoms with Crippen LogP contribution in [0.5, 0.6) is 0 Å². The summed E-state index contributed by atoms with van der Waals surface area (Å²) >= 11 is 0. The average molecular weight is 224 g/mol. The summed E-state index contributed by atoms with van der Waals surface area (Å²) in [5.74, 6) is 0. The Kier molecular flexibility index (Phi) is 6.00. The topological polar surface area (TPSA) is 43.4 Å². The van der Waals surface area contributed by atoms with E-state index < -0.39 is 0 Å². The van der Waals surface area contributed by atoms with Crippen molar-refractivity contribution in [1.29, 1.82) is 0 Å². The van der Waals surface area contributed by atoms with E-state index in [1.807, 2.05) is 18.3 Å². The maximum Gasteiger partial charge on any atom is 0.176 e. The van der Waals surface area contributed by atoms with E-state index in [9.17, 15) is 0 Å². The summed E-state index contributed by atoms with van der Waals surface area (Å²) in [5.41, 5.74) is 1.07. The quantitative estimate of drug-likeness (QED) is 0.716. The lowest BCUT2D eigenvalue weighted by Crippen LogP contribution is -2.35. The zero-order chi connectivity index (χ0) is 11.8. The summed E-state index contributed by atoms with van der Waals surface area (Å²) < 4.78 is 10.6. The highest BCUT2D eigenvalue weighted by Gasteiger charge is 2.21. The first kappa shape index (κ1) is 13.1. The van der Waals surface area contributed by atoms with Crippen molar-refractivity contribution < 1.29 is 9.47 Å². The van der Waals surface area contributed by atoms with E-state index in [2.05, 4.69) is 17.2 Å². The molecule has 1 aromatic rings. The van der Waals surface area contributed by atoms with Gasteiger partial charge in [-0.15, -0.1) is 0 Å². The van der Waals surface area contributed by atoms with Crippen LogP contribution in [-0.2, 0) is 9.47 Å². The van der Waals surface area contributed by atoms with Gasteiger partial charge in [0, 0.05) is 26.6 Å². The summed E-state index contributed by atoms with van der Waals surface area (Å²) in [4.78, 5) is 4.11. The van der Waals surface area contributed by atoms with Crippen LogP contribution in [0.25, 0.3) is 0 Å². The molecule has 4 nitrogen and oxygen atoms in total. The molecule has 0 aliphatic carbocycles. The number of hydrogen-bond acceptors (Lipinski definition) is 4. The normalized spacial score (nSPS) is 13.0. The van der Waals surface area contributed by atoms with E-state index in [-0.39, 0.29) is 12.3 Å². The lowest BCUT2D eigenvalue weighted by atomic mass is 10.1. The molecular formula is C12H20N2O2. The second-order valence-electron chi connectivity index (χ2n) is 3.56. The Labute approximate surface area is 97.0 Å². The molecule has 0 aliphatic rings. The van der Waals surface area contributed by atoms with Gasteiger partial charge in [-0.2, -0.15) is 0 Å². The van der Waals surface area contributed by atoms with Crippen LogP contribution in [0.4, 0.5) is 0 Å². The van der Waals surface area contributed by atoms with Crippen molar-refractivity contribution in [2.75, 3.05) is 20.8 Å². The number of aromatic nitrogens is 1. The van der Waals surface area contributed by atoms with Gasteiger partial charge in [0.2, 0.25) is 0 Å². The van der Waals surface area contributed by atoms with Gasteiger partial charge >= 0.3 is 0 Å². The Morgan fingerprint density at radius 2 is 2.12 bits per heavy atom. The average Bonchev–Trinajstić information content (AvgIpc) is 2.35. The molecule has 0 bridgehead atoms. The molecule has 0 aromatic carbocycles. The van der Waals surface area contributed by atoms with Crippen LogP contribution < -0.4 is 5.32 Å². The fraction of sp³-hybridized carbons (Fsp3) is 0.583. The highest BCUT2D eigenvalue weighted by atomic mass is 16.7. The molecule has 0 saturated carbocycles. The second-order valence-corrected chi connectivity index (χ2v) is 3.56. The van der Waals surface area contributed by atoms with Crippen molar-refractivity contribution in [3.05, 3.63) is 30.1 Å². The smallest absolute Gasteiger partial charge is 0.176 e. The van der Waals surface area contributed by atoms with Gasteiger partial charge in [-0.25, -0.2) is 0 Å². The van der Waals surface area contributed by atoms with Crippen LogP contribution in [-0.4, -0.2) is 32.0 Å². The summed E-state index contributed by atoms with van der Waals surface area (Å²) in [6.07, 6.45) is 4.36. The number of ether oxygens (including phenoxy) is 2. The van der Waals surface area contributed by atoms with E-state index in [1.165, 1.54) is 0 Å². The minimum Gasteiger partial charge on any atom is -0.354 e. The Morgan fingerprint density at radius 1 is 1.38 bits per heavy atom. The number of nitrogens with zero attached hydrogens (tertiary/aromatic N) is 1. The van der Waals surface area contributed by atoms with Crippen molar-refractivity contribution >= 4 is 0 Å². The Hall–Kier alpha value is -0.970. The molecule has 0 saturated heterocycles. The zero-order valence-corrected chi connectivity index (χ0v) is 10.1. The van der Waals surface area contributed by atoms with Gasteiger partial charge in [-0.1, -0.05) is 13.0 Å². The Morgan fingerprint density at radius 3 is 2.62 bits per heavy atom. The zero-order valence-electron chi connectivity index (χ0n) is 10.1. The van der Waals surface area contributed by atoms with Crippen molar-refractivity contribution in [2.24, 2.45) is 0 Å². The van der Waals surface area contributed by atoms with Gasteiger partial charge in [0.05, 0.1) is 6.04 Å². The van der Waals surface area contributed by atoms with Gasteiger partial charge in [-0.3, -0.25) is 4.98 Å². The third-order valence-electron chi connectivity index (χ3n) is 2.39. The van der Waals surface area contributed by atoms with Gasteiger partial charge in [0.1, 0.15) is 0 Å². The highest BCUT2D eigenvalue weighted by Crippen LogP contribution is 2.18. The van der Waals surface area contributed by atoms with Crippen LogP contribution in [0, 0.1) is 0 Å². The number of rotatable bonds is 7. The Bertz CT molecular complexity index is 276. The van der Waals surface area contributed by atoms with Crippen molar-refractivity contribution in [1.82, 2.24) is 10.3 Å². The standard InChI is InChI=1S/C12H20N2O2/c1-4-7-14-11(12(15-2)16-3)10-6-5-8-13-9-10/h5-6,8-9,11-12,14H,4,7H2,1-3H3. The van der Waals surface area contributed by atoms with Gasteiger partial charge in [0.25, 0.3) is 0 Å². The second kappa shape index (κ2) is 7.33. The first-order valence-electron chi connectivity index (χ1n) is 5.52. The summed E-state index contributed by atoms with van der Waals surface area (Å²) in [5, 5.41) is 3.40. The van der Waals surface area contributed by atoms with E-state index >= 15 is 0 Å². The minimum absolute atomic E-state index is 0.0173. The molecule has 90 valence electrons. The number of nitrogens with one attached hydrogen (secondary N) is 1. The monoisotopic (exact) mass is 224 g/mol. The van der Waals surface area contributed by atoms with Crippen LogP contribution in [0.3, 0.4) is 0 Å². The van der Waals surface area contributed by atoms with E-state index in [0.717, 1.165) is 18.5 Å². The predicted molar refractivity (Wildman–Crippen MR) is 63.1 cm³/mol. The molecule has 1 heterocycles. The molecule has 4 heteroatoms. The maximum absolute atomic E-state index is 5.30. The fourth-order valence-electron chi connectivity index (χ4n) is 1.60. The SMILES string of the molecule is CCCNC(c1cccnc1)C(OC)OC. The number of pyridine rings is 1. The highest BCUT2D eigenvalue weighted by molar-refractivity contribution is 5.14. The fourth-order valence-corrected chi connectivity index (χ4v) is 1.60. The first-order chi connectivity index (χ1) is 7.83. The molecular weight excluding hydrogens is 204 g/mol. The van der Waals surface area contributed by atoms with Crippen molar-refractivity contribution in [2.45, 2.75) is 25.7 Å². The van der Waals surface area contributed by atoms with Crippen LogP contribution in [0.2, 0.25) is 0 Å². The molecule has 1 atom stereocenters. The Balaban J connectivity index is 2.78. The minimum atomic E-state index is -0.296. The van der Waals surface area contributed by atoms with E-state index in [4.69, 9.17) is 9.47 Å². The predicted octanol–water partition coefficient (Wildman–Crippen LogP) is 1.74. The largest absolute Gasteiger partial charge is 0.354 e. The molecule has 16 heavy (non-hydrogen) atoms. The van der Waals surface area contributed by atoms with E-state index in [1.54, 1.807) is 20.4 Å². The molecule has 0 fully saturated rings. The summed E-state index contributed by atoms with van der Waals surface area (Å²) in [6.45, 7) is 3.05. The molecule has 1 unspecified atom stereocenters. The molecule has 1 aromatic heterocycles. The lowest BCUT2D eigenvalue weighted by molar-refractivity contribution is -0.124. The molecule has 0 spiro atoms. The molecule has 1 N–H and O–H groups in total. The van der Waals surface area contributed by atoms with Crippen LogP contribution in [0.1, 0.15) is 24.9 Å². The number of methoxy groups -OCH3 is 2. The molecule has 0 amide bonds. The summed E-state index contributed by atoms with van der Waals surface area (Å²) in [6, 6.07) is 3.95.